The SMILES string of the molecule is CCCn1c(=O)c2ccc(C(=O)NC(C)CC)cc2n2c(=O)n(C)nc12. The summed E-state index contributed by atoms with van der Waals surface area (Å²) in [6.45, 7) is 6.33. The Morgan fingerprint density at radius 1 is 1.27 bits per heavy atom. The lowest BCUT2D eigenvalue weighted by molar-refractivity contribution is 0.0939. The van der Waals surface area contributed by atoms with Crippen LogP contribution in [-0.2, 0) is 13.6 Å². The molecule has 0 saturated carbocycles. The Bertz CT molecular complexity index is 1110. The molecule has 0 fully saturated rings. The molecule has 3 aromatic rings. The molecule has 1 amide bonds. The van der Waals surface area contributed by atoms with Gasteiger partial charge in [-0.25, -0.2) is 13.9 Å². The monoisotopic (exact) mass is 357 g/mol. The van der Waals surface area contributed by atoms with Crippen molar-refractivity contribution >= 4 is 22.6 Å². The van der Waals surface area contributed by atoms with Gasteiger partial charge in [0, 0.05) is 25.2 Å². The lowest BCUT2D eigenvalue weighted by atomic mass is 10.1. The van der Waals surface area contributed by atoms with E-state index < -0.39 is 0 Å². The van der Waals surface area contributed by atoms with E-state index in [4.69, 9.17) is 0 Å². The number of benzene rings is 1. The number of aromatic nitrogens is 4. The fraction of sp³-hybridized carbons (Fsp3) is 0.444. The minimum Gasteiger partial charge on any atom is -0.350 e. The summed E-state index contributed by atoms with van der Waals surface area (Å²) in [5.41, 5.74) is 0.234. The molecule has 138 valence electrons. The first-order chi connectivity index (χ1) is 12.4. The summed E-state index contributed by atoms with van der Waals surface area (Å²) in [7, 11) is 1.54. The van der Waals surface area contributed by atoms with Crippen LogP contribution in [0.4, 0.5) is 0 Å². The number of hydrogen-bond donors (Lipinski definition) is 1. The standard InChI is InChI=1S/C18H23N5O3/c1-5-9-22-16(25)13-8-7-12(15(24)19-11(3)6-2)10-14(13)23-17(22)20-21(4)18(23)26/h7-8,10-11H,5-6,9H2,1-4H3,(H,19,24). The summed E-state index contributed by atoms with van der Waals surface area (Å²) in [6.07, 6.45) is 1.55. The summed E-state index contributed by atoms with van der Waals surface area (Å²) in [5, 5.41) is 7.49. The smallest absolute Gasteiger partial charge is 0.350 e. The molecule has 0 aliphatic heterocycles. The molecule has 0 radical (unpaired) electrons. The normalized spacial score (nSPS) is 12.6. The zero-order chi connectivity index (χ0) is 19.0. The molecule has 0 aliphatic rings. The molecule has 0 bridgehead atoms. The Morgan fingerprint density at radius 2 is 2.00 bits per heavy atom. The van der Waals surface area contributed by atoms with Crippen LogP contribution in [0, 0.1) is 0 Å². The van der Waals surface area contributed by atoms with Gasteiger partial charge in [-0.2, -0.15) is 0 Å². The molecule has 1 aromatic carbocycles. The van der Waals surface area contributed by atoms with E-state index in [1.807, 2.05) is 20.8 Å². The van der Waals surface area contributed by atoms with Gasteiger partial charge in [0.1, 0.15) is 0 Å². The van der Waals surface area contributed by atoms with E-state index in [2.05, 4.69) is 10.4 Å². The van der Waals surface area contributed by atoms with E-state index in [9.17, 15) is 14.4 Å². The van der Waals surface area contributed by atoms with Crippen LogP contribution in [0.25, 0.3) is 16.7 Å². The van der Waals surface area contributed by atoms with Crippen molar-refractivity contribution in [1.82, 2.24) is 24.1 Å². The van der Waals surface area contributed by atoms with Crippen LogP contribution in [0.2, 0.25) is 0 Å². The second-order valence-electron chi connectivity index (χ2n) is 6.51. The van der Waals surface area contributed by atoms with Crippen molar-refractivity contribution in [2.75, 3.05) is 0 Å². The van der Waals surface area contributed by atoms with Crippen molar-refractivity contribution in [1.29, 1.82) is 0 Å². The Kier molecular flexibility index (Phi) is 4.67. The Labute approximate surface area is 150 Å². The topological polar surface area (TPSA) is 90.4 Å². The van der Waals surface area contributed by atoms with Crippen LogP contribution in [0.1, 0.15) is 44.0 Å². The molecule has 1 N–H and O–H groups in total. The molecule has 3 rings (SSSR count). The number of hydrogen-bond acceptors (Lipinski definition) is 4. The third-order valence-electron chi connectivity index (χ3n) is 4.56. The molecular weight excluding hydrogens is 334 g/mol. The van der Waals surface area contributed by atoms with E-state index in [-0.39, 0.29) is 29.0 Å². The molecule has 2 heterocycles. The largest absolute Gasteiger partial charge is 0.351 e. The quantitative estimate of drug-likeness (QED) is 0.745. The second kappa shape index (κ2) is 6.78. The summed E-state index contributed by atoms with van der Waals surface area (Å²) < 4.78 is 4.10. The number of amides is 1. The van der Waals surface area contributed by atoms with Crippen LogP contribution in [-0.4, -0.2) is 30.7 Å². The molecule has 0 spiro atoms. The second-order valence-corrected chi connectivity index (χ2v) is 6.51. The molecule has 1 atom stereocenters. The van der Waals surface area contributed by atoms with Crippen molar-refractivity contribution < 1.29 is 4.79 Å². The highest BCUT2D eigenvalue weighted by molar-refractivity contribution is 5.98. The van der Waals surface area contributed by atoms with E-state index in [1.54, 1.807) is 25.2 Å². The maximum absolute atomic E-state index is 12.9. The third-order valence-corrected chi connectivity index (χ3v) is 4.56. The third kappa shape index (κ3) is 2.81. The molecule has 2 aromatic heterocycles. The summed E-state index contributed by atoms with van der Waals surface area (Å²) >= 11 is 0. The minimum atomic E-state index is -0.352. The average Bonchev–Trinajstić information content (AvgIpc) is 2.93. The molecule has 0 saturated heterocycles. The van der Waals surface area contributed by atoms with Gasteiger partial charge in [0.05, 0.1) is 10.9 Å². The van der Waals surface area contributed by atoms with Gasteiger partial charge in [0.25, 0.3) is 11.5 Å². The summed E-state index contributed by atoms with van der Waals surface area (Å²) in [5.74, 6) is 0.0559. The van der Waals surface area contributed by atoms with Crippen molar-refractivity contribution in [3.63, 3.8) is 0 Å². The van der Waals surface area contributed by atoms with Crippen LogP contribution < -0.4 is 16.6 Å². The minimum absolute atomic E-state index is 0.0388. The maximum atomic E-state index is 12.9. The van der Waals surface area contributed by atoms with Crippen molar-refractivity contribution in [3.05, 3.63) is 44.6 Å². The predicted octanol–water partition coefficient (Wildman–Crippen LogP) is 1.29. The number of nitrogens with one attached hydrogen (secondary N) is 1. The van der Waals surface area contributed by atoms with E-state index in [0.717, 1.165) is 12.8 Å². The molecule has 8 nitrogen and oxygen atoms in total. The summed E-state index contributed by atoms with van der Waals surface area (Å²) in [6, 6.07) is 4.84. The Morgan fingerprint density at radius 3 is 2.65 bits per heavy atom. The first-order valence-corrected chi connectivity index (χ1v) is 8.82. The fourth-order valence-electron chi connectivity index (χ4n) is 2.95. The molecule has 8 heteroatoms. The van der Waals surface area contributed by atoms with Crippen LogP contribution in [0.3, 0.4) is 0 Å². The Hall–Kier alpha value is -2.90. The van der Waals surface area contributed by atoms with Crippen LogP contribution >= 0.6 is 0 Å². The van der Waals surface area contributed by atoms with Crippen molar-refractivity contribution in [2.45, 2.75) is 46.2 Å². The van der Waals surface area contributed by atoms with E-state index in [1.165, 1.54) is 13.6 Å². The van der Waals surface area contributed by atoms with Gasteiger partial charge in [-0.3, -0.25) is 14.2 Å². The molecular formula is C18H23N5O3. The zero-order valence-corrected chi connectivity index (χ0v) is 15.4. The van der Waals surface area contributed by atoms with Gasteiger partial charge in [-0.1, -0.05) is 13.8 Å². The van der Waals surface area contributed by atoms with Gasteiger partial charge in [-0.05, 0) is 38.0 Å². The Balaban J connectivity index is 2.31. The first-order valence-electron chi connectivity index (χ1n) is 8.82. The molecule has 0 aliphatic carbocycles. The van der Waals surface area contributed by atoms with Gasteiger partial charge >= 0.3 is 5.69 Å². The lowest BCUT2D eigenvalue weighted by Gasteiger charge is -2.13. The van der Waals surface area contributed by atoms with Crippen molar-refractivity contribution in [3.8, 4) is 0 Å². The average molecular weight is 357 g/mol. The maximum Gasteiger partial charge on any atom is 0.351 e. The predicted molar refractivity (Wildman–Crippen MR) is 99.7 cm³/mol. The van der Waals surface area contributed by atoms with Crippen molar-refractivity contribution in [2.24, 2.45) is 7.05 Å². The number of rotatable bonds is 5. The first kappa shape index (κ1) is 17.9. The molecule has 1 unspecified atom stereocenters. The number of fused-ring (bicyclic) bond motifs is 3. The van der Waals surface area contributed by atoms with Gasteiger partial charge in [-0.15, -0.1) is 5.10 Å². The molecule has 26 heavy (non-hydrogen) atoms. The van der Waals surface area contributed by atoms with Crippen LogP contribution in [0.15, 0.2) is 27.8 Å². The fourth-order valence-corrected chi connectivity index (χ4v) is 2.95. The van der Waals surface area contributed by atoms with Crippen LogP contribution in [0.5, 0.6) is 0 Å². The van der Waals surface area contributed by atoms with Gasteiger partial charge in [0.2, 0.25) is 5.78 Å². The number of nitrogens with zero attached hydrogens (tertiary/aromatic N) is 4. The van der Waals surface area contributed by atoms with E-state index in [0.29, 0.717) is 23.0 Å². The highest BCUT2D eigenvalue weighted by Gasteiger charge is 2.18. The van der Waals surface area contributed by atoms with E-state index >= 15 is 0 Å². The number of aryl methyl sites for hydroxylation is 2. The number of carbonyl (C=O) groups excluding carboxylic acids is 1. The highest BCUT2D eigenvalue weighted by Crippen LogP contribution is 2.14. The summed E-state index contributed by atoms with van der Waals surface area (Å²) in [4.78, 5) is 37.9. The highest BCUT2D eigenvalue weighted by atomic mass is 16.2. The van der Waals surface area contributed by atoms with Gasteiger partial charge in [0.15, 0.2) is 0 Å². The lowest BCUT2D eigenvalue weighted by Crippen LogP contribution is -2.32. The number of carbonyl (C=O) groups is 1. The van der Waals surface area contributed by atoms with Gasteiger partial charge < -0.3 is 5.32 Å². The zero-order valence-electron chi connectivity index (χ0n) is 15.4.